The maximum atomic E-state index is 12.1. The van der Waals surface area contributed by atoms with Crippen LogP contribution in [-0.2, 0) is 0 Å². The summed E-state index contributed by atoms with van der Waals surface area (Å²) in [6.45, 7) is 7.50. The van der Waals surface area contributed by atoms with E-state index < -0.39 is 0 Å². The number of hydrogen-bond donors (Lipinski definition) is 2. The molecule has 3 nitrogen and oxygen atoms in total. The summed E-state index contributed by atoms with van der Waals surface area (Å²) in [4.78, 5) is 12.1. The molecule has 96 valence electrons. The zero-order chi connectivity index (χ0) is 13.8. The average molecular weight is 245 g/mol. The number of rotatable bonds is 1. The number of benzene rings is 1. The topological polar surface area (TPSA) is 49.3 Å². The molecule has 0 bridgehead atoms. The standard InChI is InChI=1S/C15H19NO2/c1-11-12(8-6-10-17)7-5-9-13(11)14(18)16-15(2,3)4/h5,7,9,17H,10H2,1-4H3,(H,16,18). The van der Waals surface area contributed by atoms with Crippen LogP contribution in [0.4, 0.5) is 0 Å². The Kier molecular flexibility index (Phi) is 4.52. The van der Waals surface area contributed by atoms with Gasteiger partial charge in [0.05, 0.1) is 0 Å². The van der Waals surface area contributed by atoms with Crippen LogP contribution < -0.4 is 5.32 Å². The predicted molar refractivity (Wildman–Crippen MR) is 72.4 cm³/mol. The van der Waals surface area contributed by atoms with Gasteiger partial charge in [0.15, 0.2) is 0 Å². The van der Waals surface area contributed by atoms with Gasteiger partial charge in [-0.3, -0.25) is 4.79 Å². The molecule has 1 aromatic rings. The summed E-state index contributed by atoms with van der Waals surface area (Å²) in [5, 5.41) is 11.6. The zero-order valence-electron chi connectivity index (χ0n) is 11.3. The molecule has 0 spiro atoms. The van der Waals surface area contributed by atoms with Gasteiger partial charge in [0.2, 0.25) is 0 Å². The predicted octanol–water partition coefficient (Wildman–Crippen LogP) is 1.87. The summed E-state index contributed by atoms with van der Waals surface area (Å²) in [5.41, 5.74) is 1.96. The van der Waals surface area contributed by atoms with E-state index in [1.54, 1.807) is 12.1 Å². The number of aliphatic hydroxyl groups excluding tert-OH is 1. The van der Waals surface area contributed by atoms with Crippen LogP contribution in [0.2, 0.25) is 0 Å². The van der Waals surface area contributed by atoms with Crippen LogP contribution in [0.5, 0.6) is 0 Å². The SMILES string of the molecule is Cc1c(C#CCO)cccc1C(=O)NC(C)(C)C. The van der Waals surface area contributed by atoms with Gasteiger partial charge in [-0.2, -0.15) is 0 Å². The van der Waals surface area contributed by atoms with Crippen molar-refractivity contribution in [2.45, 2.75) is 33.2 Å². The molecule has 2 N–H and O–H groups in total. The third-order valence-corrected chi connectivity index (χ3v) is 2.37. The van der Waals surface area contributed by atoms with E-state index in [0.717, 1.165) is 11.1 Å². The maximum Gasteiger partial charge on any atom is 0.251 e. The van der Waals surface area contributed by atoms with E-state index in [-0.39, 0.29) is 18.1 Å². The zero-order valence-corrected chi connectivity index (χ0v) is 11.3. The summed E-state index contributed by atoms with van der Waals surface area (Å²) in [7, 11) is 0. The Morgan fingerprint density at radius 3 is 2.61 bits per heavy atom. The van der Waals surface area contributed by atoms with Crippen molar-refractivity contribution >= 4 is 5.91 Å². The lowest BCUT2D eigenvalue weighted by atomic mass is 10.0. The van der Waals surface area contributed by atoms with Gasteiger partial charge in [-0.25, -0.2) is 0 Å². The third-order valence-electron chi connectivity index (χ3n) is 2.37. The summed E-state index contributed by atoms with van der Waals surface area (Å²) >= 11 is 0. The average Bonchev–Trinajstić information content (AvgIpc) is 2.25. The molecule has 0 aromatic heterocycles. The Hall–Kier alpha value is -1.79. The number of carbonyl (C=O) groups is 1. The molecule has 1 rings (SSSR count). The van der Waals surface area contributed by atoms with Gasteiger partial charge < -0.3 is 10.4 Å². The van der Waals surface area contributed by atoms with Crippen molar-refractivity contribution in [1.29, 1.82) is 0 Å². The van der Waals surface area contributed by atoms with Crippen LogP contribution in [0.3, 0.4) is 0 Å². The van der Waals surface area contributed by atoms with Gasteiger partial charge in [0, 0.05) is 16.7 Å². The molecule has 0 unspecified atom stereocenters. The highest BCUT2D eigenvalue weighted by Gasteiger charge is 2.17. The molecule has 18 heavy (non-hydrogen) atoms. The van der Waals surface area contributed by atoms with E-state index in [9.17, 15) is 4.79 Å². The molecule has 0 atom stereocenters. The van der Waals surface area contributed by atoms with Crippen LogP contribution in [0.15, 0.2) is 18.2 Å². The molecule has 0 aliphatic heterocycles. The molecular weight excluding hydrogens is 226 g/mol. The van der Waals surface area contributed by atoms with Gasteiger partial charge in [0.25, 0.3) is 5.91 Å². The summed E-state index contributed by atoms with van der Waals surface area (Å²) in [6, 6.07) is 5.42. The van der Waals surface area contributed by atoms with Gasteiger partial charge in [0.1, 0.15) is 6.61 Å². The number of aliphatic hydroxyl groups is 1. The number of amides is 1. The first-order valence-electron chi connectivity index (χ1n) is 5.87. The van der Waals surface area contributed by atoms with Crippen molar-refractivity contribution in [1.82, 2.24) is 5.32 Å². The quantitative estimate of drug-likeness (QED) is 0.742. The van der Waals surface area contributed by atoms with Crippen molar-refractivity contribution in [2.75, 3.05) is 6.61 Å². The van der Waals surface area contributed by atoms with Crippen LogP contribution in [0, 0.1) is 18.8 Å². The fraction of sp³-hybridized carbons (Fsp3) is 0.400. The van der Waals surface area contributed by atoms with Crippen LogP contribution >= 0.6 is 0 Å². The minimum atomic E-state index is -0.268. The molecule has 0 radical (unpaired) electrons. The second-order valence-corrected chi connectivity index (χ2v) is 5.14. The largest absolute Gasteiger partial charge is 0.384 e. The molecule has 0 saturated carbocycles. The number of hydrogen-bond acceptors (Lipinski definition) is 2. The first-order valence-corrected chi connectivity index (χ1v) is 5.87. The summed E-state index contributed by atoms with van der Waals surface area (Å²) < 4.78 is 0. The highest BCUT2D eigenvalue weighted by Crippen LogP contribution is 2.14. The lowest BCUT2D eigenvalue weighted by molar-refractivity contribution is 0.0919. The summed E-state index contributed by atoms with van der Waals surface area (Å²) in [5.74, 6) is 5.33. The molecule has 1 aromatic carbocycles. The number of nitrogens with one attached hydrogen (secondary N) is 1. The second kappa shape index (κ2) is 5.70. The normalized spacial score (nSPS) is 10.5. The van der Waals surface area contributed by atoms with E-state index in [4.69, 9.17) is 5.11 Å². The van der Waals surface area contributed by atoms with E-state index in [1.165, 1.54) is 0 Å². The van der Waals surface area contributed by atoms with Crippen molar-refractivity contribution in [2.24, 2.45) is 0 Å². The Labute approximate surface area is 108 Å². The Morgan fingerprint density at radius 2 is 2.06 bits per heavy atom. The lowest BCUT2D eigenvalue weighted by Gasteiger charge is -2.21. The van der Waals surface area contributed by atoms with E-state index >= 15 is 0 Å². The highest BCUT2D eigenvalue weighted by molar-refractivity contribution is 5.96. The van der Waals surface area contributed by atoms with Gasteiger partial charge in [-0.05, 0) is 45.4 Å². The van der Waals surface area contributed by atoms with Crippen molar-refractivity contribution in [3.8, 4) is 11.8 Å². The molecule has 1 amide bonds. The van der Waals surface area contributed by atoms with E-state index in [0.29, 0.717) is 5.56 Å². The monoisotopic (exact) mass is 245 g/mol. The molecule has 0 aliphatic carbocycles. The van der Waals surface area contributed by atoms with E-state index in [1.807, 2.05) is 33.8 Å². The minimum Gasteiger partial charge on any atom is -0.384 e. The maximum absolute atomic E-state index is 12.1. The second-order valence-electron chi connectivity index (χ2n) is 5.14. The van der Waals surface area contributed by atoms with Crippen molar-refractivity contribution in [3.05, 3.63) is 34.9 Å². The molecule has 0 aliphatic rings. The first-order chi connectivity index (χ1) is 8.35. The van der Waals surface area contributed by atoms with Crippen LogP contribution in [0.1, 0.15) is 42.3 Å². The fourth-order valence-electron chi connectivity index (χ4n) is 1.56. The van der Waals surface area contributed by atoms with Crippen molar-refractivity contribution < 1.29 is 9.90 Å². The first kappa shape index (κ1) is 14.3. The van der Waals surface area contributed by atoms with Gasteiger partial charge in [-0.1, -0.05) is 17.9 Å². The lowest BCUT2D eigenvalue weighted by Crippen LogP contribution is -2.40. The van der Waals surface area contributed by atoms with Crippen molar-refractivity contribution in [3.63, 3.8) is 0 Å². The smallest absolute Gasteiger partial charge is 0.251 e. The Bertz CT molecular complexity index is 501. The Morgan fingerprint density at radius 1 is 1.39 bits per heavy atom. The minimum absolute atomic E-state index is 0.104. The van der Waals surface area contributed by atoms with Gasteiger partial charge >= 0.3 is 0 Å². The number of carbonyl (C=O) groups excluding carboxylic acids is 1. The molecule has 3 heteroatoms. The van der Waals surface area contributed by atoms with Crippen LogP contribution in [0.25, 0.3) is 0 Å². The highest BCUT2D eigenvalue weighted by atomic mass is 16.2. The van der Waals surface area contributed by atoms with Gasteiger partial charge in [-0.15, -0.1) is 0 Å². The molecular formula is C15H19NO2. The molecule has 0 fully saturated rings. The Balaban J connectivity index is 3.07. The fourth-order valence-corrected chi connectivity index (χ4v) is 1.56. The van der Waals surface area contributed by atoms with Crippen LogP contribution in [-0.4, -0.2) is 23.2 Å². The summed E-state index contributed by atoms with van der Waals surface area (Å²) in [6.07, 6.45) is 0. The van der Waals surface area contributed by atoms with E-state index in [2.05, 4.69) is 17.2 Å². The third kappa shape index (κ3) is 3.90. The molecule has 0 heterocycles. The molecule has 0 saturated heterocycles.